The van der Waals surface area contributed by atoms with Crippen molar-refractivity contribution >= 4 is 28.4 Å². The van der Waals surface area contributed by atoms with E-state index in [1.165, 1.54) is 65.0 Å². The van der Waals surface area contributed by atoms with Gasteiger partial charge in [-0.15, -0.1) is 11.8 Å². The summed E-state index contributed by atoms with van der Waals surface area (Å²) in [5, 5.41) is 1.21. The number of hydrogen-bond acceptors (Lipinski definition) is 3. The molecular weight excluding hydrogens is 374 g/mol. The molecule has 1 aliphatic heterocycles. The van der Waals surface area contributed by atoms with Crippen LogP contribution >= 0.6 is 11.8 Å². The summed E-state index contributed by atoms with van der Waals surface area (Å²) in [6, 6.07) is 6.63. The second kappa shape index (κ2) is 8.10. The van der Waals surface area contributed by atoms with Crippen LogP contribution in [0.1, 0.15) is 69.3 Å². The van der Waals surface area contributed by atoms with Crippen LogP contribution in [0.4, 0.5) is 0 Å². The molecule has 0 unspecified atom stereocenters. The molecule has 0 bridgehead atoms. The average molecular weight is 408 g/mol. The van der Waals surface area contributed by atoms with Gasteiger partial charge in [0.25, 0.3) is 0 Å². The highest BCUT2D eigenvalue weighted by atomic mass is 32.2. The Bertz CT molecular complexity index is 974. The normalized spacial score (nSPS) is 18.4. The Morgan fingerprint density at radius 2 is 2.00 bits per heavy atom. The third-order valence-corrected chi connectivity index (χ3v) is 7.70. The number of hydrogen-bond donors (Lipinski definition) is 0. The maximum absolute atomic E-state index is 6.11. The number of benzene rings is 1. The van der Waals surface area contributed by atoms with Gasteiger partial charge in [0.1, 0.15) is 11.3 Å². The van der Waals surface area contributed by atoms with Gasteiger partial charge in [0, 0.05) is 23.2 Å². The Morgan fingerprint density at radius 1 is 1.24 bits per heavy atom. The fourth-order valence-electron chi connectivity index (χ4n) is 4.82. The van der Waals surface area contributed by atoms with E-state index >= 15 is 0 Å². The summed E-state index contributed by atoms with van der Waals surface area (Å²) in [4.78, 5) is 5.07. The van der Waals surface area contributed by atoms with E-state index in [9.17, 15) is 0 Å². The average Bonchev–Trinajstić information content (AvgIpc) is 3.29. The van der Waals surface area contributed by atoms with Crippen LogP contribution in [0, 0.1) is 6.92 Å². The number of nitrogens with zero attached hydrogens (tertiary/aromatic N) is 1. The molecule has 2 aliphatic rings. The second-order valence-electron chi connectivity index (χ2n) is 8.72. The van der Waals surface area contributed by atoms with Crippen molar-refractivity contribution < 1.29 is 4.42 Å². The molecule has 1 saturated heterocycles. The Morgan fingerprint density at radius 3 is 2.72 bits per heavy atom. The predicted molar refractivity (Wildman–Crippen MR) is 127 cm³/mol. The number of rotatable bonds is 7. The molecule has 1 aromatic carbocycles. The predicted octanol–water partition coefficient (Wildman–Crippen LogP) is 7.83. The first-order valence-electron chi connectivity index (χ1n) is 10.9. The van der Waals surface area contributed by atoms with E-state index in [0.717, 1.165) is 29.9 Å². The van der Waals surface area contributed by atoms with Gasteiger partial charge in [0.15, 0.2) is 0 Å². The number of allylic oxidation sites excluding steroid dienone is 3. The molecule has 1 aromatic heterocycles. The van der Waals surface area contributed by atoms with Gasteiger partial charge in [-0.25, -0.2) is 0 Å². The first-order chi connectivity index (χ1) is 13.9. The van der Waals surface area contributed by atoms with Gasteiger partial charge >= 0.3 is 0 Å². The summed E-state index contributed by atoms with van der Waals surface area (Å²) in [6.07, 6.45) is 10.9. The maximum Gasteiger partial charge on any atom is 0.134 e. The van der Waals surface area contributed by atoms with Crippen molar-refractivity contribution in [2.45, 2.75) is 71.3 Å². The van der Waals surface area contributed by atoms with Crippen LogP contribution in [-0.4, -0.2) is 17.0 Å². The Hall–Kier alpha value is -1.87. The molecule has 0 atom stereocenters. The highest BCUT2D eigenvalue weighted by Crippen LogP contribution is 2.50. The first-order valence-corrected chi connectivity index (χ1v) is 11.7. The fraction of sp³-hybridized carbons (Fsp3) is 0.462. The molecule has 154 valence electrons. The largest absolute Gasteiger partial charge is 0.461 e. The molecule has 0 amide bonds. The summed E-state index contributed by atoms with van der Waals surface area (Å²) < 4.78 is 6.11. The van der Waals surface area contributed by atoms with Crippen molar-refractivity contribution in [1.29, 1.82) is 0 Å². The van der Waals surface area contributed by atoms with Crippen LogP contribution in [0.5, 0.6) is 0 Å². The minimum absolute atomic E-state index is 0.391. The van der Waals surface area contributed by atoms with Crippen LogP contribution in [0.15, 0.2) is 51.7 Å². The number of aryl methyl sites for hydroxylation is 2. The minimum Gasteiger partial charge on any atom is -0.461 e. The molecule has 1 spiro atoms. The third kappa shape index (κ3) is 4.07. The monoisotopic (exact) mass is 407 g/mol. The van der Waals surface area contributed by atoms with Crippen LogP contribution in [-0.2, 0) is 6.42 Å². The summed E-state index contributed by atoms with van der Waals surface area (Å²) in [7, 11) is 0. The molecule has 2 nitrogen and oxygen atoms in total. The van der Waals surface area contributed by atoms with Crippen LogP contribution in [0.25, 0.3) is 16.7 Å². The van der Waals surface area contributed by atoms with Gasteiger partial charge < -0.3 is 9.32 Å². The molecule has 3 heteroatoms. The quantitative estimate of drug-likeness (QED) is 0.435. The lowest BCUT2D eigenvalue weighted by molar-refractivity contribution is 0.359. The molecular formula is C26H33NOS. The Kier molecular flexibility index (Phi) is 5.70. The Balaban J connectivity index is 1.52. The lowest BCUT2D eigenvalue weighted by Gasteiger charge is -2.24. The lowest BCUT2D eigenvalue weighted by Crippen LogP contribution is -2.21. The SMILES string of the molecule is C=C(CCc1ccc2oc(C)c(C(=C)N3CC34CCCCC4)c2c1)S/C(C)=C\C. The summed E-state index contributed by atoms with van der Waals surface area (Å²) >= 11 is 1.79. The van der Waals surface area contributed by atoms with E-state index in [-0.39, 0.29) is 0 Å². The molecule has 29 heavy (non-hydrogen) atoms. The number of fused-ring (bicyclic) bond motifs is 1. The van der Waals surface area contributed by atoms with E-state index in [4.69, 9.17) is 4.42 Å². The van der Waals surface area contributed by atoms with Gasteiger partial charge in [0.05, 0.1) is 5.54 Å². The van der Waals surface area contributed by atoms with E-state index < -0.39 is 0 Å². The Labute approximate surface area is 179 Å². The molecule has 4 rings (SSSR count). The van der Waals surface area contributed by atoms with Gasteiger partial charge in [-0.1, -0.05) is 44.6 Å². The summed E-state index contributed by atoms with van der Waals surface area (Å²) in [6.45, 7) is 16.2. The van der Waals surface area contributed by atoms with Gasteiger partial charge in [-0.05, 0) is 74.0 Å². The van der Waals surface area contributed by atoms with Crippen LogP contribution < -0.4 is 0 Å². The molecule has 2 aromatic rings. The maximum atomic E-state index is 6.11. The van der Waals surface area contributed by atoms with Gasteiger partial charge in [-0.3, -0.25) is 0 Å². The number of thioether (sulfide) groups is 1. The highest BCUT2D eigenvalue weighted by molar-refractivity contribution is 8.06. The van der Waals surface area contributed by atoms with E-state index in [1.54, 1.807) is 11.8 Å². The van der Waals surface area contributed by atoms with E-state index in [1.807, 2.05) is 0 Å². The highest BCUT2D eigenvalue weighted by Gasteiger charge is 2.52. The minimum atomic E-state index is 0.391. The van der Waals surface area contributed by atoms with E-state index in [0.29, 0.717) is 5.54 Å². The van der Waals surface area contributed by atoms with Crippen LogP contribution in [0.3, 0.4) is 0 Å². The second-order valence-corrected chi connectivity index (χ2v) is 10.1. The molecule has 0 N–H and O–H groups in total. The smallest absolute Gasteiger partial charge is 0.134 e. The molecule has 1 aliphatic carbocycles. The van der Waals surface area contributed by atoms with Gasteiger partial charge in [-0.2, -0.15) is 0 Å². The van der Waals surface area contributed by atoms with Crippen LogP contribution in [0.2, 0.25) is 0 Å². The van der Waals surface area contributed by atoms with Gasteiger partial charge in [0.2, 0.25) is 0 Å². The van der Waals surface area contributed by atoms with Crippen molar-refractivity contribution in [3.05, 3.63) is 64.1 Å². The third-order valence-electron chi connectivity index (χ3n) is 6.65. The molecule has 1 saturated carbocycles. The fourth-order valence-corrected chi connectivity index (χ4v) is 5.59. The van der Waals surface area contributed by atoms with E-state index in [2.05, 4.69) is 63.1 Å². The zero-order valence-corrected chi connectivity index (χ0v) is 19.0. The molecule has 2 fully saturated rings. The lowest BCUT2D eigenvalue weighted by atomic mass is 9.88. The number of furan rings is 1. The van der Waals surface area contributed by atoms with Crippen molar-refractivity contribution in [3.63, 3.8) is 0 Å². The molecule has 0 radical (unpaired) electrons. The zero-order valence-electron chi connectivity index (χ0n) is 18.1. The van der Waals surface area contributed by atoms with Crippen molar-refractivity contribution in [1.82, 2.24) is 4.90 Å². The topological polar surface area (TPSA) is 16.1 Å². The van der Waals surface area contributed by atoms with Crippen molar-refractivity contribution in [3.8, 4) is 0 Å². The van der Waals surface area contributed by atoms with Crippen molar-refractivity contribution in [2.24, 2.45) is 0 Å². The first kappa shape index (κ1) is 20.4. The standard InChI is InChI=1S/C26H33NOS/c1-6-18(2)29-19(3)10-11-22-12-13-24-23(16-22)25(21(5)28-24)20(4)27-17-26(27)14-8-7-9-15-26/h6,12-13,16H,3-4,7-11,14-15,17H2,1-2,5H3/b18-6-. The summed E-state index contributed by atoms with van der Waals surface area (Å²) in [5.74, 6) is 0.990. The zero-order chi connectivity index (χ0) is 20.6. The van der Waals surface area contributed by atoms with Crippen molar-refractivity contribution in [2.75, 3.05) is 6.54 Å². The molecule has 2 heterocycles. The summed E-state index contributed by atoms with van der Waals surface area (Å²) in [5.41, 5.74) is 5.07.